The minimum Gasteiger partial charge on any atom is -0.366 e. The van der Waals surface area contributed by atoms with Crippen molar-refractivity contribution in [2.45, 2.75) is 6.92 Å². The van der Waals surface area contributed by atoms with Gasteiger partial charge < -0.3 is 11.1 Å². The minimum atomic E-state index is -0.566. The molecule has 4 nitrogen and oxygen atoms in total. The molecule has 0 atom stereocenters. The number of hydrogen-bond acceptors (Lipinski definition) is 3. The summed E-state index contributed by atoms with van der Waals surface area (Å²) in [5.41, 5.74) is 8.25. The Morgan fingerprint density at radius 3 is 2.23 bits per heavy atom. The van der Waals surface area contributed by atoms with Gasteiger partial charge in [-0.3, -0.25) is 9.59 Å². The Labute approximate surface area is 156 Å². The van der Waals surface area contributed by atoms with Gasteiger partial charge in [-0.25, -0.2) is 0 Å². The Morgan fingerprint density at radius 2 is 1.62 bits per heavy atom. The van der Waals surface area contributed by atoms with Gasteiger partial charge in [0.05, 0.1) is 5.56 Å². The number of carbonyl (C=O) groups excluding carboxylic acids is 2. The summed E-state index contributed by atoms with van der Waals surface area (Å²) < 4.78 is 0. The quantitative estimate of drug-likeness (QED) is 0.653. The molecule has 0 unspecified atom stereocenters. The number of hydrogen-bond donors (Lipinski definition) is 2. The van der Waals surface area contributed by atoms with Gasteiger partial charge in [0.1, 0.15) is 5.00 Å². The van der Waals surface area contributed by atoms with Gasteiger partial charge in [-0.2, -0.15) is 0 Å². The molecule has 1 aromatic heterocycles. The van der Waals surface area contributed by atoms with Crippen LogP contribution in [0.15, 0.2) is 72.3 Å². The lowest BCUT2D eigenvalue weighted by molar-refractivity contribution is -0.112. The zero-order chi connectivity index (χ0) is 18.5. The second kappa shape index (κ2) is 7.80. The molecule has 0 radical (unpaired) electrons. The van der Waals surface area contributed by atoms with E-state index in [2.05, 4.69) is 5.32 Å². The van der Waals surface area contributed by atoms with Crippen LogP contribution in [0.2, 0.25) is 0 Å². The van der Waals surface area contributed by atoms with Crippen LogP contribution in [0.1, 0.15) is 22.8 Å². The van der Waals surface area contributed by atoms with E-state index in [4.69, 9.17) is 5.73 Å². The molecule has 3 aromatic rings. The summed E-state index contributed by atoms with van der Waals surface area (Å²) in [4.78, 5) is 25.2. The number of primary amides is 1. The molecule has 0 saturated heterocycles. The molecule has 2 amide bonds. The molecule has 26 heavy (non-hydrogen) atoms. The predicted molar refractivity (Wildman–Crippen MR) is 107 cm³/mol. The van der Waals surface area contributed by atoms with E-state index in [1.165, 1.54) is 11.3 Å². The van der Waals surface area contributed by atoms with E-state index in [1.807, 2.05) is 60.7 Å². The van der Waals surface area contributed by atoms with Crippen molar-refractivity contribution < 1.29 is 9.59 Å². The van der Waals surface area contributed by atoms with Crippen LogP contribution in [0.25, 0.3) is 16.5 Å². The van der Waals surface area contributed by atoms with Crippen molar-refractivity contribution in [3.05, 3.63) is 83.4 Å². The number of nitrogens with two attached hydrogens (primary N) is 1. The highest BCUT2D eigenvalue weighted by Crippen LogP contribution is 2.35. The molecule has 0 fully saturated rings. The largest absolute Gasteiger partial charge is 0.366 e. The lowest BCUT2D eigenvalue weighted by Crippen LogP contribution is -2.16. The van der Waals surface area contributed by atoms with Crippen molar-refractivity contribution in [1.29, 1.82) is 0 Å². The maximum Gasteiger partial charge on any atom is 0.251 e. The third-order valence-electron chi connectivity index (χ3n) is 3.82. The van der Waals surface area contributed by atoms with Crippen molar-refractivity contribution in [3.63, 3.8) is 0 Å². The van der Waals surface area contributed by atoms with Crippen molar-refractivity contribution in [1.82, 2.24) is 0 Å². The summed E-state index contributed by atoms with van der Waals surface area (Å²) in [6, 6.07) is 21.0. The first kappa shape index (κ1) is 17.6. The van der Waals surface area contributed by atoms with Gasteiger partial charge in [0.2, 0.25) is 0 Å². The summed E-state index contributed by atoms with van der Waals surface area (Å²) in [6.07, 6.45) is 1.80. The van der Waals surface area contributed by atoms with Gasteiger partial charge in [0.25, 0.3) is 11.8 Å². The van der Waals surface area contributed by atoms with E-state index in [0.717, 1.165) is 16.0 Å². The van der Waals surface area contributed by atoms with E-state index >= 15 is 0 Å². The van der Waals surface area contributed by atoms with Gasteiger partial charge >= 0.3 is 0 Å². The maximum absolute atomic E-state index is 12.5. The molecule has 0 bridgehead atoms. The maximum atomic E-state index is 12.5. The minimum absolute atomic E-state index is 0.266. The Hall–Kier alpha value is -3.18. The molecule has 0 aliphatic heterocycles. The topological polar surface area (TPSA) is 72.2 Å². The number of rotatable bonds is 5. The van der Waals surface area contributed by atoms with Gasteiger partial charge in [-0.1, -0.05) is 60.7 Å². The average molecular weight is 362 g/mol. The fourth-order valence-corrected chi connectivity index (χ4v) is 3.54. The number of amides is 2. The summed E-state index contributed by atoms with van der Waals surface area (Å²) in [7, 11) is 0. The van der Waals surface area contributed by atoms with Crippen LogP contribution >= 0.6 is 11.3 Å². The lowest BCUT2D eigenvalue weighted by Gasteiger charge is -2.05. The highest BCUT2D eigenvalue weighted by Gasteiger charge is 2.17. The number of carbonyl (C=O) groups is 2. The predicted octanol–water partition coefficient (Wildman–Crippen LogP) is 4.56. The summed E-state index contributed by atoms with van der Waals surface area (Å²) in [5.74, 6) is -0.832. The summed E-state index contributed by atoms with van der Waals surface area (Å²) in [5, 5.41) is 3.27. The molecule has 130 valence electrons. The van der Waals surface area contributed by atoms with E-state index in [0.29, 0.717) is 16.1 Å². The molecule has 0 aliphatic rings. The Bertz CT molecular complexity index is 960. The number of anilines is 1. The van der Waals surface area contributed by atoms with E-state index < -0.39 is 5.91 Å². The molecule has 0 aliphatic carbocycles. The van der Waals surface area contributed by atoms with E-state index in [-0.39, 0.29) is 5.91 Å². The zero-order valence-electron chi connectivity index (χ0n) is 14.2. The van der Waals surface area contributed by atoms with Gasteiger partial charge in [0, 0.05) is 10.5 Å². The monoisotopic (exact) mass is 362 g/mol. The Balaban J connectivity index is 1.87. The third kappa shape index (κ3) is 4.07. The van der Waals surface area contributed by atoms with Crippen LogP contribution in [-0.4, -0.2) is 11.8 Å². The first-order valence-corrected chi connectivity index (χ1v) is 8.90. The van der Waals surface area contributed by atoms with Crippen molar-refractivity contribution in [2.75, 3.05) is 5.32 Å². The van der Waals surface area contributed by atoms with Crippen molar-refractivity contribution in [3.8, 4) is 10.4 Å². The molecular formula is C21H18N2O2S. The molecule has 1 heterocycles. The average Bonchev–Trinajstić information content (AvgIpc) is 3.07. The molecular weight excluding hydrogens is 344 g/mol. The van der Waals surface area contributed by atoms with Crippen LogP contribution < -0.4 is 11.1 Å². The fourth-order valence-electron chi connectivity index (χ4n) is 2.48. The highest BCUT2D eigenvalue weighted by molar-refractivity contribution is 7.20. The van der Waals surface area contributed by atoms with E-state index in [9.17, 15) is 9.59 Å². The molecule has 5 heteroatoms. The standard InChI is InChI=1S/C21H18N2O2S/c1-14(12-15-8-4-2-5-9-15)20(25)23-21-17(19(22)24)13-18(26-21)16-10-6-3-7-11-16/h2-13H,1H3,(H2,22,24)(H,23,25)/b14-12+. The fraction of sp³-hybridized carbons (Fsp3) is 0.0476. The zero-order valence-corrected chi connectivity index (χ0v) is 15.0. The van der Waals surface area contributed by atoms with Crippen molar-refractivity contribution in [2.24, 2.45) is 5.73 Å². The molecule has 0 spiro atoms. The van der Waals surface area contributed by atoms with Gasteiger partial charge in [0.15, 0.2) is 0 Å². The van der Waals surface area contributed by atoms with Crippen molar-refractivity contribution >= 4 is 34.2 Å². The van der Waals surface area contributed by atoms with Crippen LogP contribution in [0.5, 0.6) is 0 Å². The Morgan fingerprint density at radius 1 is 1.00 bits per heavy atom. The smallest absolute Gasteiger partial charge is 0.251 e. The van der Waals surface area contributed by atoms with Gasteiger partial charge in [-0.05, 0) is 30.2 Å². The third-order valence-corrected chi connectivity index (χ3v) is 4.92. The second-order valence-corrected chi connectivity index (χ2v) is 6.83. The van der Waals surface area contributed by atoms with Crippen LogP contribution in [0.3, 0.4) is 0 Å². The SMILES string of the molecule is C/C(=C\c1ccccc1)C(=O)Nc1sc(-c2ccccc2)cc1C(N)=O. The second-order valence-electron chi connectivity index (χ2n) is 5.78. The molecule has 3 rings (SSSR count). The number of nitrogens with one attached hydrogen (secondary N) is 1. The van der Waals surface area contributed by atoms with Gasteiger partial charge in [-0.15, -0.1) is 11.3 Å². The molecule has 0 saturated carbocycles. The first-order chi connectivity index (χ1) is 12.5. The normalized spacial score (nSPS) is 11.2. The molecule has 3 N–H and O–H groups in total. The van der Waals surface area contributed by atoms with E-state index in [1.54, 1.807) is 19.1 Å². The Kier molecular flexibility index (Phi) is 5.29. The van der Waals surface area contributed by atoms with Crippen LogP contribution in [0.4, 0.5) is 5.00 Å². The highest BCUT2D eigenvalue weighted by atomic mass is 32.1. The summed E-state index contributed by atoms with van der Waals surface area (Å²) >= 11 is 1.33. The van der Waals surface area contributed by atoms with Crippen LogP contribution in [0, 0.1) is 0 Å². The lowest BCUT2D eigenvalue weighted by atomic mass is 10.1. The summed E-state index contributed by atoms with van der Waals surface area (Å²) in [6.45, 7) is 1.73. The first-order valence-electron chi connectivity index (χ1n) is 8.08. The van der Waals surface area contributed by atoms with Crippen LogP contribution in [-0.2, 0) is 4.79 Å². The number of benzene rings is 2. The number of thiophene rings is 1. The molecule has 2 aromatic carbocycles.